The van der Waals surface area contributed by atoms with Crippen LogP contribution in [-0.4, -0.2) is 32.6 Å². The van der Waals surface area contributed by atoms with Crippen LogP contribution >= 0.6 is 0 Å². The van der Waals surface area contributed by atoms with E-state index in [1.807, 2.05) is 32.0 Å². The molecule has 4 rings (SSSR count). The van der Waals surface area contributed by atoms with E-state index in [0.29, 0.717) is 35.0 Å². The summed E-state index contributed by atoms with van der Waals surface area (Å²) in [6, 6.07) is 19.6. The van der Waals surface area contributed by atoms with E-state index in [0.717, 1.165) is 16.2 Å². The van der Waals surface area contributed by atoms with Gasteiger partial charge >= 0.3 is 0 Å². The summed E-state index contributed by atoms with van der Waals surface area (Å²) >= 11 is 0. The minimum absolute atomic E-state index is 0.183. The maximum atomic E-state index is 13.7. The van der Waals surface area contributed by atoms with Gasteiger partial charge in [0.1, 0.15) is 22.9 Å². The predicted octanol–water partition coefficient (Wildman–Crippen LogP) is 4.81. The van der Waals surface area contributed by atoms with Gasteiger partial charge in [-0.1, -0.05) is 18.2 Å². The second kappa shape index (κ2) is 9.70. The molecule has 0 atom stereocenters. The number of benzene rings is 3. The zero-order chi connectivity index (χ0) is 24.2. The Morgan fingerprint density at radius 3 is 2.12 bits per heavy atom. The quantitative estimate of drug-likeness (QED) is 0.489. The minimum atomic E-state index is -0.464. The van der Waals surface area contributed by atoms with Crippen LogP contribution in [0, 0.1) is 6.92 Å². The summed E-state index contributed by atoms with van der Waals surface area (Å²) in [5.74, 6) is 0.904. The van der Waals surface area contributed by atoms with Crippen molar-refractivity contribution in [2.24, 2.45) is 0 Å². The molecule has 7 nitrogen and oxygen atoms in total. The average Bonchev–Trinajstić information content (AvgIpc) is 3.09. The highest BCUT2D eigenvalue weighted by molar-refractivity contribution is 6.46. The maximum Gasteiger partial charge on any atom is 0.282 e. The van der Waals surface area contributed by atoms with Crippen LogP contribution in [0.25, 0.3) is 5.57 Å². The number of amides is 2. The van der Waals surface area contributed by atoms with Crippen LogP contribution in [0.1, 0.15) is 18.1 Å². The Hall–Kier alpha value is -4.26. The van der Waals surface area contributed by atoms with Crippen LogP contribution in [0.15, 0.2) is 72.4 Å². The fourth-order valence-corrected chi connectivity index (χ4v) is 3.81. The number of hydrogen-bond acceptors (Lipinski definition) is 6. The average molecular weight is 459 g/mol. The smallest absolute Gasteiger partial charge is 0.282 e. The van der Waals surface area contributed by atoms with Crippen LogP contribution in [0.2, 0.25) is 0 Å². The number of rotatable bonds is 8. The number of ether oxygens (including phenoxy) is 3. The first-order chi connectivity index (χ1) is 16.5. The number of nitrogens with one attached hydrogen (secondary N) is 1. The van der Waals surface area contributed by atoms with Crippen molar-refractivity contribution in [2.45, 2.75) is 13.8 Å². The minimum Gasteiger partial charge on any atom is -0.497 e. The molecule has 174 valence electrons. The van der Waals surface area contributed by atoms with Crippen molar-refractivity contribution < 1.29 is 23.8 Å². The molecule has 0 spiro atoms. The molecule has 3 aromatic rings. The Balaban J connectivity index is 1.80. The van der Waals surface area contributed by atoms with Gasteiger partial charge in [-0.3, -0.25) is 9.59 Å². The highest BCUT2D eigenvalue weighted by Gasteiger charge is 2.41. The van der Waals surface area contributed by atoms with E-state index < -0.39 is 11.8 Å². The first-order valence-corrected chi connectivity index (χ1v) is 10.9. The number of anilines is 2. The highest BCUT2D eigenvalue weighted by atomic mass is 16.5. The molecule has 0 unspecified atom stereocenters. The van der Waals surface area contributed by atoms with Crippen molar-refractivity contribution in [1.82, 2.24) is 0 Å². The molecule has 0 saturated carbocycles. The monoisotopic (exact) mass is 458 g/mol. The topological polar surface area (TPSA) is 77.1 Å². The van der Waals surface area contributed by atoms with E-state index in [9.17, 15) is 9.59 Å². The van der Waals surface area contributed by atoms with Gasteiger partial charge < -0.3 is 19.5 Å². The van der Waals surface area contributed by atoms with Crippen LogP contribution < -0.4 is 24.4 Å². The molecule has 34 heavy (non-hydrogen) atoms. The standard InChI is InChI=1S/C27H26N2O5/c1-5-34-21-13-9-19(10-14-21)28-25-24(18-7-11-20(32-3)12-8-18)26(30)29(27(25)31)22-16-17(2)6-15-23(22)33-4/h6-16,28H,5H2,1-4H3. The number of hydrogen-bond donors (Lipinski definition) is 1. The normalized spacial score (nSPS) is 13.4. The van der Waals surface area contributed by atoms with Crippen LogP contribution in [0.5, 0.6) is 17.2 Å². The van der Waals surface area contributed by atoms with Crippen LogP contribution in [-0.2, 0) is 9.59 Å². The lowest BCUT2D eigenvalue weighted by molar-refractivity contribution is -0.120. The molecule has 7 heteroatoms. The fraction of sp³-hybridized carbons (Fsp3) is 0.185. The Bertz CT molecular complexity index is 1250. The molecular formula is C27H26N2O5. The lowest BCUT2D eigenvalue weighted by Gasteiger charge is -2.19. The third-order valence-electron chi connectivity index (χ3n) is 5.47. The van der Waals surface area contributed by atoms with Crippen LogP contribution in [0.4, 0.5) is 11.4 Å². The molecule has 1 aliphatic rings. The first kappa shape index (κ1) is 22.9. The van der Waals surface area contributed by atoms with Crippen molar-refractivity contribution in [3.8, 4) is 17.2 Å². The number of carbonyl (C=O) groups excluding carboxylic acids is 2. The summed E-state index contributed by atoms with van der Waals surface area (Å²) in [4.78, 5) is 28.5. The van der Waals surface area contributed by atoms with Gasteiger partial charge in [-0.2, -0.15) is 0 Å². The predicted molar refractivity (Wildman–Crippen MR) is 131 cm³/mol. The zero-order valence-electron chi connectivity index (χ0n) is 19.5. The van der Waals surface area contributed by atoms with Crippen molar-refractivity contribution in [1.29, 1.82) is 0 Å². The lowest BCUT2D eigenvalue weighted by atomic mass is 10.0. The Morgan fingerprint density at radius 2 is 1.50 bits per heavy atom. The van der Waals surface area contributed by atoms with Crippen molar-refractivity contribution in [3.63, 3.8) is 0 Å². The van der Waals surface area contributed by atoms with E-state index in [1.165, 1.54) is 7.11 Å². The van der Waals surface area contributed by atoms with Crippen molar-refractivity contribution in [2.75, 3.05) is 31.0 Å². The maximum absolute atomic E-state index is 13.7. The number of aryl methyl sites for hydroxylation is 1. The fourth-order valence-electron chi connectivity index (χ4n) is 3.81. The summed E-state index contributed by atoms with van der Waals surface area (Å²) in [6.07, 6.45) is 0. The highest BCUT2D eigenvalue weighted by Crippen LogP contribution is 2.38. The summed E-state index contributed by atoms with van der Waals surface area (Å²) < 4.78 is 16.2. The van der Waals surface area contributed by atoms with E-state index in [2.05, 4.69) is 5.32 Å². The van der Waals surface area contributed by atoms with Gasteiger partial charge in [0.05, 0.1) is 32.1 Å². The number of imide groups is 1. The molecule has 2 amide bonds. The SMILES string of the molecule is CCOc1ccc(NC2=C(c3ccc(OC)cc3)C(=O)N(c3cc(C)ccc3OC)C2=O)cc1. The zero-order valence-corrected chi connectivity index (χ0v) is 19.5. The summed E-state index contributed by atoms with van der Waals surface area (Å²) in [5.41, 5.74) is 3.00. The van der Waals surface area contributed by atoms with E-state index in [1.54, 1.807) is 55.6 Å². The number of carbonyl (C=O) groups is 2. The van der Waals surface area contributed by atoms with E-state index in [4.69, 9.17) is 14.2 Å². The van der Waals surface area contributed by atoms with Gasteiger partial charge in [-0.15, -0.1) is 0 Å². The van der Waals surface area contributed by atoms with Crippen molar-refractivity contribution >= 4 is 28.8 Å². The molecule has 1 heterocycles. The molecule has 1 aliphatic heterocycles. The van der Waals surface area contributed by atoms with Gasteiger partial charge in [-0.25, -0.2) is 4.90 Å². The van der Waals surface area contributed by atoms with Gasteiger partial charge in [-0.05, 0) is 73.5 Å². The van der Waals surface area contributed by atoms with Gasteiger partial charge in [0.15, 0.2) is 0 Å². The largest absolute Gasteiger partial charge is 0.497 e. The Morgan fingerprint density at radius 1 is 0.824 bits per heavy atom. The van der Waals surface area contributed by atoms with Gasteiger partial charge in [0, 0.05) is 5.69 Å². The first-order valence-electron chi connectivity index (χ1n) is 10.9. The third-order valence-corrected chi connectivity index (χ3v) is 5.47. The van der Waals surface area contributed by atoms with Crippen molar-refractivity contribution in [3.05, 3.63) is 83.6 Å². The van der Waals surface area contributed by atoms with Gasteiger partial charge in [0.2, 0.25) is 0 Å². The molecule has 0 aliphatic carbocycles. The van der Waals surface area contributed by atoms with E-state index >= 15 is 0 Å². The lowest BCUT2D eigenvalue weighted by Crippen LogP contribution is -2.32. The third kappa shape index (κ3) is 4.32. The number of methoxy groups -OCH3 is 2. The second-order valence-corrected chi connectivity index (χ2v) is 7.68. The molecular weight excluding hydrogens is 432 g/mol. The molecule has 0 saturated heterocycles. The molecule has 0 aromatic heterocycles. The number of nitrogens with zero attached hydrogens (tertiary/aromatic N) is 1. The summed E-state index contributed by atoms with van der Waals surface area (Å²) in [6.45, 7) is 4.36. The van der Waals surface area contributed by atoms with Crippen LogP contribution in [0.3, 0.4) is 0 Å². The molecule has 0 radical (unpaired) electrons. The Labute approximate surface area is 198 Å². The van der Waals surface area contributed by atoms with Gasteiger partial charge in [0.25, 0.3) is 11.8 Å². The summed E-state index contributed by atoms with van der Waals surface area (Å²) in [7, 11) is 3.08. The molecule has 0 fully saturated rings. The summed E-state index contributed by atoms with van der Waals surface area (Å²) in [5, 5.41) is 3.16. The second-order valence-electron chi connectivity index (χ2n) is 7.68. The molecule has 0 bridgehead atoms. The molecule has 3 aromatic carbocycles. The molecule has 1 N–H and O–H groups in total. The Kier molecular flexibility index (Phi) is 6.54. The van der Waals surface area contributed by atoms with E-state index in [-0.39, 0.29) is 11.3 Å².